The average Bonchev–Trinajstić information content (AvgIpc) is 2.52. The van der Waals surface area contributed by atoms with E-state index in [0.29, 0.717) is 5.56 Å². The quantitative estimate of drug-likeness (QED) is 0.887. The highest BCUT2D eigenvalue weighted by Gasteiger charge is 2.29. The van der Waals surface area contributed by atoms with Crippen LogP contribution in [0.5, 0.6) is 0 Å². The molecule has 140 valence electrons. The Balaban J connectivity index is 2.37. The van der Waals surface area contributed by atoms with Gasteiger partial charge in [0.05, 0.1) is 4.90 Å². The highest BCUT2D eigenvalue weighted by Crippen LogP contribution is 2.24. The molecule has 1 amide bonds. The van der Waals surface area contributed by atoms with Gasteiger partial charge in [-0.15, -0.1) is 0 Å². The SMILES string of the molecule is CCC1CCCCN1C(=O)c1cc(S(=O)(=O)NC(C)(C)C)ccc1C. The van der Waals surface area contributed by atoms with Crippen molar-refractivity contribution in [3.05, 3.63) is 29.3 Å². The van der Waals surface area contributed by atoms with Gasteiger partial charge in [-0.1, -0.05) is 13.0 Å². The predicted octanol–water partition coefficient (Wildman–Crippen LogP) is 3.48. The molecule has 6 heteroatoms. The monoisotopic (exact) mass is 366 g/mol. The highest BCUT2D eigenvalue weighted by atomic mass is 32.2. The number of sulfonamides is 1. The maximum atomic E-state index is 13.1. The van der Waals surface area contributed by atoms with Crippen molar-refractivity contribution < 1.29 is 13.2 Å². The third-order valence-electron chi connectivity index (χ3n) is 4.55. The van der Waals surface area contributed by atoms with Crippen LogP contribution in [0.3, 0.4) is 0 Å². The molecule has 1 aliphatic heterocycles. The Kier molecular flexibility index (Phi) is 5.94. The van der Waals surface area contributed by atoms with E-state index in [-0.39, 0.29) is 16.8 Å². The van der Waals surface area contributed by atoms with Crippen LogP contribution < -0.4 is 4.72 Å². The molecule has 1 aromatic rings. The molecule has 1 aliphatic rings. The van der Waals surface area contributed by atoms with E-state index < -0.39 is 15.6 Å². The van der Waals surface area contributed by atoms with Crippen LogP contribution in [-0.4, -0.2) is 37.4 Å². The van der Waals surface area contributed by atoms with Crippen molar-refractivity contribution in [3.63, 3.8) is 0 Å². The molecule has 1 atom stereocenters. The van der Waals surface area contributed by atoms with Crippen LogP contribution in [-0.2, 0) is 10.0 Å². The summed E-state index contributed by atoms with van der Waals surface area (Å²) in [5, 5.41) is 0. The Morgan fingerprint density at radius 3 is 2.56 bits per heavy atom. The minimum Gasteiger partial charge on any atom is -0.336 e. The van der Waals surface area contributed by atoms with E-state index in [0.717, 1.165) is 37.8 Å². The van der Waals surface area contributed by atoms with E-state index >= 15 is 0 Å². The van der Waals surface area contributed by atoms with Gasteiger partial charge in [0.15, 0.2) is 0 Å². The number of rotatable bonds is 4. The molecule has 1 saturated heterocycles. The van der Waals surface area contributed by atoms with E-state index in [1.165, 1.54) is 6.07 Å². The van der Waals surface area contributed by atoms with Gasteiger partial charge in [0.25, 0.3) is 5.91 Å². The number of nitrogens with zero attached hydrogens (tertiary/aromatic N) is 1. The lowest BCUT2D eigenvalue weighted by Crippen LogP contribution is -2.44. The first-order chi connectivity index (χ1) is 11.5. The van der Waals surface area contributed by atoms with Gasteiger partial charge in [0.1, 0.15) is 0 Å². The molecule has 0 saturated carbocycles. The number of benzene rings is 1. The van der Waals surface area contributed by atoms with Gasteiger partial charge in [-0.2, -0.15) is 0 Å². The standard InChI is InChI=1S/C19H30N2O3S/c1-6-15-9-7-8-12-21(15)18(22)17-13-16(11-10-14(17)2)25(23,24)20-19(3,4)5/h10-11,13,15,20H,6-9,12H2,1-5H3. The molecule has 1 unspecified atom stereocenters. The summed E-state index contributed by atoms with van der Waals surface area (Å²) in [6, 6.07) is 5.05. The number of carbonyl (C=O) groups is 1. The number of piperidine rings is 1. The number of nitrogens with one attached hydrogen (secondary N) is 1. The maximum absolute atomic E-state index is 13.1. The molecule has 0 radical (unpaired) electrons. The van der Waals surface area contributed by atoms with E-state index in [4.69, 9.17) is 0 Å². The summed E-state index contributed by atoms with van der Waals surface area (Å²) < 4.78 is 27.8. The minimum atomic E-state index is -3.66. The molecular formula is C19H30N2O3S. The van der Waals surface area contributed by atoms with E-state index in [1.807, 2.05) is 11.8 Å². The third-order valence-corrected chi connectivity index (χ3v) is 6.31. The molecule has 1 heterocycles. The number of carbonyl (C=O) groups excluding carboxylic acids is 1. The second-order valence-corrected chi connectivity index (χ2v) is 9.57. The Morgan fingerprint density at radius 1 is 1.28 bits per heavy atom. The van der Waals surface area contributed by atoms with E-state index in [9.17, 15) is 13.2 Å². The van der Waals surface area contributed by atoms with E-state index in [2.05, 4.69) is 11.6 Å². The van der Waals surface area contributed by atoms with Crippen LogP contribution in [0.15, 0.2) is 23.1 Å². The summed E-state index contributed by atoms with van der Waals surface area (Å²) in [6.07, 6.45) is 4.09. The summed E-state index contributed by atoms with van der Waals surface area (Å²) in [7, 11) is -3.66. The number of amides is 1. The first-order valence-corrected chi connectivity index (χ1v) is 10.5. The molecule has 0 aromatic heterocycles. The molecule has 0 aliphatic carbocycles. The fourth-order valence-corrected chi connectivity index (χ4v) is 4.75. The number of likely N-dealkylation sites (tertiary alicyclic amines) is 1. The first-order valence-electron chi connectivity index (χ1n) is 9.01. The second kappa shape index (κ2) is 7.46. The Labute approximate surface area is 151 Å². The molecule has 25 heavy (non-hydrogen) atoms. The molecule has 0 bridgehead atoms. The van der Waals surface area contributed by atoms with Crippen molar-refractivity contribution in [2.24, 2.45) is 0 Å². The van der Waals surface area contributed by atoms with Crippen molar-refractivity contribution in [1.82, 2.24) is 9.62 Å². The fourth-order valence-electron chi connectivity index (χ4n) is 3.31. The molecule has 1 N–H and O–H groups in total. The lowest BCUT2D eigenvalue weighted by Gasteiger charge is -2.35. The van der Waals surface area contributed by atoms with Crippen LogP contribution in [0, 0.1) is 6.92 Å². The summed E-state index contributed by atoms with van der Waals surface area (Å²) in [5.74, 6) is -0.0585. The van der Waals surface area contributed by atoms with Crippen molar-refractivity contribution in [2.75, 3.05) is 6.54 Å². The van der Waals surface area contributed by atoms with Crippen LogP contribution in [0.25, 0.3) is 0 Å². The summed E-state index contributed by atoms with van der Waals surface area (Å²) in [5.41, 5.74) is 0.714. The van der Waals surface area contributed by atoms with Crippen molar-refractivity contribution >= 4 is 15.9 Å². The van der Waals surface area contributed by atoms with Crippen molar-refractivity contribution in [1.29, 1.82) is 0 Å². The molecule has 1 aromatic carbocycles. The fraction of sp³-hybridized carbons (Fsp3) is 0.632. The van der Waals surface area contributed by atoms with Gasteiger partial charge >= 0.3 is 0 Å². The molecular weight excluding hydrogens is 336 g/mol. The molecule has 5 nitrogen and oxygen atoms in total. The summed E-state index contributed by atoms with van der Waals surface area (Å²) in [6.45, 7) is 10.1. The van der Waals surface area contributed by atoms with E-state index in [1.54, 1.807) is 32.9 Å². The van der Waals surface area contributed by atoms with Crippen LogP contribution in [0.2, 0.25) is 0 Å². The largest absolute Gasteiger partial charge is 0.336 e. The minimum absolute atomic E-state index is 0.0585. The lowest BCUT2D eigenvalue weighted by atomic mass is 9.98. The zero-order valence-electron chi connectivity index (χ0n) is 15.9. The zero-order valence-corrected chi connectivity index (χ0v) is 16.7. The lowest BCUT2D eigenvalue weighted by molar-refractivity contribution is 0.0607. The maximum Gasteiger partial charge on any atom is 0.254 e. The summed E-state index contributed by atoms with van der Waals surface area (Å²) >= 11 is 0. The van der Waals surface area contributed by atoms with Crippen molar-refractivity contribution in [3.8, 4) is 0 Å². The van der Waals surface area contributed by atoms with Crippen LogP contribution >= 0.6 is 0 Å². The Hall–Kier alpha value is -1.40. The van der Waals surface area contributed by atoms with Gasteiger partial charge in [-0.05, 0) is 71.1 Å². The topological polar surface area (TPSA) is 66.5 Å². The van der Waals surface area contributed by atoms with Crippen molar-refractivity contribution in [2.45, 2.75) is 76.8 Å². The normalized spacial score (nSPS) is 19.1. The Bertz CT molecular complexity index is 736. The molecule has 0 spiro atoms. The molecule has 2 rings (SSSR count). The van der Waals surface area contributed by atoms with Gasteiger partial charge in [-0.25, -0.2) is 13.1 Å². The molecule has 1 fully saturated rings. The van der Waals surface area contributed by atoms with Gasteiger partial charge in [0, 0.05) is 23.7 Å². The predicted molar refractivity (Wildman–Crippen MR) is 100 cm³/mol. The third kappa shape index (κ3) is 4.82. The number of hydrogen-bond acceptors (Lipinski definition) is 3. The Morgan fingerprint density at radius 2 is 1.96 bits per heavy atom. The van der Waals surface area contributed by atoms with Gasteiger partial charge < -0.3 is 4.90 Å². The van der Waals surface area contributed by atoms with Crippen LogP contribution in [0.4, 0.5) is 0 Å². The van der Waals surface area contributed by atoms with Gasteiger partial charge in [-0.3, -0.25) is 4.79 Å². The smallest absolute Gasteiger partial charge is 0.254 e. The average molecular weight is 367 g/mol. The zero-order chi connectivity index (χ0) is 18.8. The second-order valence-electron chi connectivity index (χ2n) is 7.89. The highest BCUT2D eigenvalue weighted by molar-refractivity contribution is 7.89. The first kappa shape index (κ1) is 19.9. The summed E-state index contributed by atoms with van der Waals surface area (Å²) in [4.78, 5) is 15.1. The number of hydrogen-bond donors (Lipinski definition) is 1. The van der Waals surface area contributed by atoms with Crippen LogP contribution in [0.1, 0.15) is 69.3 Å². The van der Waals surface area contributed by atoms with Gasteiger partial charge in [0.2, 0.25) is 10.0 Å². The number of aryl methyl sites for hydroxylation is 1.